The van der Waals surface area contributed by atoms with Crippen LogP contribution in [0.2, 0.25) is 5.02 Å². The Morgan fingerprint density at radius 2 is 1.86 bits per heavy atom. The summed E-state index contributed by atoms with van der Waals surface area (Å²) in [6.45, 7) is 0.724. The van der Waals surface area contributed by atoms with E-state index in [1.165, 1.54) is 11.1 Å². The summed E-state index contributed by atoms with van der Waals surface area (Å²) < 4.78 is 5.16. The molecule has 1 heterocycles. The summed E-state index contributed by atoms with van der Waals surface area (Å²) in [5, 5.41) is 8.28. The van der Waals surface area contributed by atoms with Gasteiger partial charge in [-0.2, -0.15) is 11.3 Å². The molecule has 0 spiro atoms. The summed E-state index contributed by atoms with van der Waals surface area (Å²) in [4.78, 5) is 0. The molecule has 0 fully saturated rings. The van der Waals surface area contributed by atoms with Crippen LogP contribution < -0.4 is 10.1 Å². The highest BCUT2D eigenvalue weighted by Crippen LogP contribution is 2.26. The molecule has 3 rings (SSSR count). The van der Waals surface area contributed by atoms with E-state index in [0.717, 1.165) is 17.8 Å². The van der Waals surface area contributed by atoms with Crippen LogP contribution in [-0.2, 0) is 6.54 Å². The molecule has 0 bridgehead atoms. The lowest BCUT2D eigenvalue weighted by Crippen LogP contribution is -1.99. The van der Waals surface area contributed by atoms with Crippen LogP contribution in [0.5, 0.6) is 5.75 Å². The third-order valence-electron chi connectivity index (χ3n) is 3.45. The number of hydrogen-bond donors (Lipinski definition) is 1. The number of thiophene rings is 1. The minimum Gasteiger partial charge on any atom is -0.495 e. The Morgan fingerprint density at radius 1 is 1.05 bits per heavy atom. The highest BCUT2D eigenvalue weighted by molar-refractivity contribution is 7.08. The Morgan fingerprint density at radius 3 is 2.50 bits per heavy atom. The molecule has 22 heavy (non-hydrogen) atoms. The number of anilines is 1. The second-order valence-electron chi connectivity index (χ2n) is 4.91. The first kappa shape index (κ1) is 14.9. The average Bonchev–Trinajstić information content (AvgIpc) is 3.08. The number of ether oxygens (including phenoxy) is 1. The Labute approximate surface area is 139 Å². The molecule has 0 unspecified atom stereocenters. The lowest BCUT2D eigenvalue weighted by atomic mass is 10.1. The molecule has 4 heteroatoms. The van der Waals surface area contributed by atoms with Gasteiger partial charge in [0.25, 0.3) is 0 Å². The minimum absolute atomic E-state index is 0.634. The summed E-state index contributed by atoms with van der Waals surface area (Å²) in [5.41, 5.74) is 4.71. The van der Waals surface area contributed by atoms with Crippen molar-refractivity contribution in [1.29, 1.82) is 0 Å². The highest BCUT2D eigenvalue weighted by Gasteiger charge is 2.02. The van der Waals surface area contributed by atoms with Crippen molar-refractivity contribution in [3.05, 3.63) is 69.9 Å². The smallest absolute Gasteiger partial charge is 0.137 e. The summed E-state index contributed by atoms with van der Waals surface area (Å²) in [5.74, 6) is 0.700. The quantitative estimate of drug-likeness (QED) is 0.649. The van der Waals surface area contributed by atoms with Crippen LogP contribution in [0.25, 0.3) is 11.1 Å². The largest absolute Gasteiger partial charge is 0.495 e. The van der Waals surface area contributed by atoms with E-state index in [1.54, 1.807) is 18.4 Å². The molecule has 1 N–H and O–H groups in total. The third kappa shape index (κ3) is 3.43. The van der Waals surface area contributed by atoms with Gasteiger partial charge in [-0.1, -0.05) is 29.8 Å². The molecule has 2 aromatic carbocycles. The van der Waals surface area contributed by atoms with Gasteiger partial charge >= 0.3 is 0 Å². The topological polar surface area (TPSA) is 21.3 Å². The summed E-state index contributed by atoms with van der Waals surface area (Å²) in [6.07, 6.45) is 0. The normalized spacial score (nSPS) is 10.5. The van der Waals surface area contributed by atoms with Crippen LogP contribution in [0.4, 0.5) is 5.69 Å². The molecule has 0 aliphatic rings. The summed E-state index contributed by atoms with van der Waals surface area (Å²) >= 11 is 7.85. The zero-order chi connectivity index (χ0) is 15.4. The van der Waals surface area contributed by atoms with Gasteiger partial charge < -0.3 is 10.1 Å². The molecule has 3 aromatic rings. The lowest BCUT2D eigenvalue weighted by molar-refractivity contribution is 0.415. The second-order valence-corrected chi connectivity index (χ2v) is 6.10. The van der Waals surface area contributed by atoms with Crippen molar-refractivity contribution in [3.63, 3.8) is 0 Å². The molecule has 2 nitrogen and oxygen atoms in total. The molecule has 0 aliphatic carbocycles. The van der Waals surface area contributed by atoms with Crippen LogP contribution >= 0.6 is 22.9 Å². The first-order valence-electron chi connectivity index (χ1n) is 6.95. The summed E-state index contributed by atoms with van der Waals surface area (Å²) in [7, 11) is 1.62. The van der Waals surface area contributed by atoms with Crippen molar-refractivity contribution in [1.82, 2.24) is 0 Å². The molecule has 0 aliphatic heterocycles. The van der Waals surface area contributed by atoms with E-state index in [0.29, 0.717) is 10.8 Å². The molecular formula is C18H16ClNOS. The van der Waals surface area contributed by atoms with Gasteiger partial charge in [-0.05, 0) is 57.8 Å². The van der Waals surface area contributed by atoms with Crippen LogP contribution in [0, 0.1) is 0 Å². The zero-order valence-electron chi connectivity index (χ0n) is 12.2. The van der Waals surface area contributed by atoms with E-state index in [9.17, 15) is 0 Å². The number of methoxy groups -OCH3 is 1. The van der Waals surface area contributed by atoms with Gasteiger partial charge in [0, 0.05) is 12.2 Å². The fourth-order valence-electron chi connectivity index (χ4n) is 2.23. The van der Waals surface area contributed by atoms with Crippen molar-refractivity contribution in [3.8, 4) is 16.9 Å². The lowest BCUT2D eigenvalue weighted by Gasteiger charge is -2.09. The van der Waals surface area contributed by atoms with Gasteiger partial charge in [0.15, 0.2) is 0 Å². The molecule has 0 saturated carbocycles. The predicted molar refractivity (Wildman–Crippen MR) is 95.1 cm³/mol. The molecular weight excluding hydrogens is 314 g/mol. The Hall–Kier alpha value is -1.97. The third-order valence-corrected chi connectivity index (χ3v) is 4.43. The number of rotatable bonds is 5. The second kappa shape index (κ2) is 6.86. The van der Waals surface area contributed by atoms with Gasteiger partial charge in [-0.3, -0.25) is 0 Å². The number of nitrogens with one attached hydrogen (secondary N) is 1. The fourth-order valence-corrected chi connectivity index (χ4v) is 3.18. The van der Waals surface area contributed by atoms with Gasteiger partial charge in [0.1, 0.15) is 5.75 Å². The molecule has 0 radical (unpaired) electrons. The monoisotopic (exact) mass is 329 g/mol. The fraction of sp³-hybridized carbons (Fsp3) is 0.111. The number of halogens is 1. The standard InChI is InChI=1S/C18H16ClNOS/c1-21-18-7-2-13(10-17(18)19)11-20-16-5-3-14(4-6-16)15-8-9-22-12-15/h2-10,12,20H,11H2,1H3. The van der Waals surface area contributed by atoms with Crippen LogP contribution in [-0.4, -0.2) is 7.11 Å². The maximum Gasteiger partial charge on any atom is 0.137 e. The predicted octanol–water partition coefficient (Wildman–Crippen LogP) is 5.69. The number of benzene rings is 2. The van der Waals surface area contributed by atoms with E-state index in [2.05, 4.69) is 46.4 Å². The van der Waals surface area contributed by atoms with Crippen molar-refractivity contribution >= 4 is 28.6 Å². The Balaban J connectivity index is 1.65. The van der Waals surface area contributed by atoms with Gasteiger partial charge in [-0.15, -0.1) is 0 Å². The van der Waals surface area contributed by atoms with Crippen molar-refractivity contribution < 1.29 is 4.74 Å². The minimum atomic E-state index is 0.634. The molecule has 1 aromatic heterocycles. The molecule has 0 atom stereocenters. The van der Waals surface area contributed by atoms with Crippen molar-refractivity contribution in [2.75, 3.05) is 12.4 Å². The van der Waals surface area contributed by atoms with Gasteiger partial charge in [0.05, 0.1) is 12.1 Å². The molecule has 112 valence electrons. The van der Waals surface area contributed by atoms with Crippen molar-refractivity contribution in [2.24, 2.45) is 0 Å². The van der Waals surface area contributed by atoms with E-state index in [4.69, 9.17) is 16.3 Å². The number of hydrogen-bond acceptors (Lipinski definition) is 3. The Kier molecular flexibility index (Phi) is 4.66. The van der Waals surface area contributed by atoms with Gasteiger partial charge in [0.2, 0.25) is 0 Å². The average molecular weight is 330 g/mol. The van der Waals surface area contributed by atoms with E-state index in [-0.39, 0.29) is 0 Å². The van der Waals surface area contributed by atoms with Crippen LogP contribution in [0.1, 0.15) is 5.56 Å². The SMILES string of the molecule is COc1ccc(CNc2ccc(-c3ccsc3)cc2)cc1Cl. The maximum absolute atomic E-state index is 6.14. The first-order valence-corrected chi connectivity index (χ1v) is 8.27. The first-order chi connectivity index (χ1) is 10.8. The highest BCUT2D eigenvalue weighted by atomic mass is 35.5. The van der Waals surface area contributed by atoms with Crippen LogP contribution in [0.15, 0.2) is 59.3 Å². The summed E-state index contributed by atoms with van der Waals surface area (Å²) in [6, 6.07) is 16.4. The van der Waals surface area contributed by atoms with E-state index < -0.39 is 0 Å². The van der Waals surface area contributed by atoms with Gasteiger partial charge in [-0.25, -0.2) is 0 Å². The Bertz CT molecular complexity index is 738. The zero-order valence-corrected chi connectivity index (χ0v) is 13.7. The van der Waals surface area contributed by atoms with Crippen molar-refractivity contribution in [2.45, 2.75) is 6.54 Å². The van der Waals surface area contributed by atoms with Crippen LogP contribution in [0.3, 0.4) is 0 Å². The maximum atomic E-state index is 6.14. The van der Waals surface area contributed by atoms with E-state index >= 15 is 0 Å². The molecule has 0 saturated heterocycles. The molecule has 0 amide bonds. The van der Waals surface area contributed by atoms with E-state index in [1.807, 2.05) is 18.2 Å².